The first-order valence-corrected chi connectivity index (χ1v) is 6.03. The fraction of sp³-hybridized carbons (Fsp3) is 0.538. The summed E-state index contributed by atoms with van der Waals surface area (Å²) >= 11 is 6.01. The first kappa shape index (κ1) is 12.5. The normalized spacial score (nSPS) is 13.1. The minimum atomic E-state index is 0.415. The van der Waals surface area contributed by atoms with Gasteiger partial charge in [-0.25, -0.2) is 0 Å². The third-order valence-corrected chi connectivity index (χ3v) is 3.27. The second-order valence-electron chi connectivity index (χ2n) is 3.90. The summed E-state index contributed by atoms with van der Waals surface area (Å²) in [7, 11) is 2.02. The molecule has 0 aliphatic rings. The molecule has 0 fully saturated rings. The molecule has 1 atom stereocenters. The summed E-state index contributed by atoms with van der Waals surface area (Å²) in [5.41, 5.74) is 1.29. The highest BCUT2D eigenvalue weighted by Crippen LogP contribution is 2.28. The second-order valence-corrected chi connectivity index (χ2v) is 4.33. The molecule has 0 spiro atoms. The Bertz CT molecular complexity index is 294. The van der Waals surface area contributed by atoms with Crippen LogP contribution < -0.4 is 5.32 Å². The summed E-state index contributed by atoms with van der Waals surface area (Å²) in [6, 6.07) is 8.56. The van der Waals surface area contributed by atoms with E-state index in [4.69, 9.17) is 11.6 Å². The Labute approximate surface area is 97.8 Å². The quantitative estimate of drug-likeness (QED) is 0.798. The van der Waals surface area contributed by atoms with Gasteiger partial charge >= 0.3 is 0 Å². The summed E-state index contributed by atoms with van der Waals surface area (Å²) in [4.78, 5) is 0. The van der Waals surface area contributed by atoms with E-state index < -0.39 is 0 Å². The average molecular weight is 226 g/mol. The molecule has 0 bridgehead atoms. The van der Waals surface area contributed by atoms with Crippen molar-refractivity contribution in [3.8, 4) is 0 Å². The van der Waals surface area contributed by atoms with Crippen LogP contribution in [-0.2, 0) is 0 Å². The Kier molecular flexibility index (Phi) is 5.13. The maximum absolute atomic E-state index is 6.01. The highest BCUT2D eigenvalue weighted by atomic mass is 35.5. The lowest BCUT2D eigenvalue weighted by Crippen LogP contribution is -2.24. The van der Waals surface area contributed by atoms with Gasteiger partial charge in [0.25, 0.3) is 0 Å². The smallest absolute Gasteiger partial charge is 0.0409 e. The lowest BCUT2D eigenvalue weighted by atomic mass is 9.89. The Hall–Kier alpha value is -0.530. The zero-order valence-corrected chi connectivity index (χ0v) is 10.5. The van der Waals surface area contributed by atoms with Crippen LogP contribution in [-0.4, -0.2) is 7.05 Å². The van der Waals surface area contributed by atoms with Gasteiger partial charge in [-0.15, -0.1) is 0 Å². The van der Waals surface area contributed by atoms with Crippen molar-refractivity contribution in [3.63, 3.8) is 0 Å². The van der Waals surface area contributed by atoms with E-state index in [9.17, 15) is 0 Å². The SMILES string of the molecule is CCC(CC)C(NC)c1cccc(Cl)c1. The molecule has 0 aliphatic carbocycles. The Morgan fingerprint density at radius 1 is 1.27 bits per heavy atom. The lowest BCUT2D eigenvalue weighted by Gasteiger charge is -2.25. The van der Waals surface area contributed by atoms with Crippen molar-refractivity contribution >= 4 is 11.6 Å². The third-order valence-electron chi connectivity index (χ3n) is 3.04. The molecular formula is C13H20ClN. The molecule has 0 amide bonds. The monoisotopic (exact) mass is 225 g/mol. The molecule has 1 unspecified atom stereocenters. The summed E-state index contributed by atoms with van der Waals surface area (Å²) in [5, 5.41) is 4.21. The van der Waals surface area contributed by atoms with Crippen LogP contribution in [0, 0.1) is 5.92 Å². The van der Waals surface area contributed by atoms with E-state index in [-0.39, 0.29) is 0 Å². The van der Waals surface area contributed by atoms with Crippen molar-refractivity contribution in [1.82, 2.24) is 5.32 Å². The van der Waals surface area contributed by atoms with Crippen LogP contribution in [0.1, 0.15) is 38.3 Å². The second kappa shape index (κ2) is 6.14. The largest absolute Gasteiger partial charge is 0.313 e. The van der Waals surface area contributed by atoms with E-state index in [2.05, 4.69) is 31.3 Å². The number of rotatable bonds is 5. The topological polar surface area (TPSA) is 12.0 Å². The van der Waals surface area contributed by atoms with E-state index in [1.54, 1.807) is 0 Å². The lowest BCUT2D eigenvalue weighted by molar-refractivity contribution is 0.359. The zero-order chi connectivity index (χ0) is 11.3. The number of nitrogens with one attached hydrogen (secondary N) is 1. The molecule has 0 aliphatic heterocycles. The van der Waals surface area contributed by atoms with Gasteiger partial charge in [0.1, 0.15) is 0 Å². The maximum atomic E-state index is 6.01. The van der Waals surface area contributed by atoms with Crippen LogP contribution in [0.25, 0.3) is 0 Å². The molecule has 1 rings (SSSR count). The van der Waals surface area contributed by atoms with E-state index in [0.717, 1.165) is 5.02 Å². The summed E-state index contributed by atoms with van der Waals surface area (Å²) in [5.74, 6) is 0.675. The highest BCUT2D eigenvalue weighted by molar-refractivity contribution is 6.30. The zero-order valence-electron chi connectivity index (χ0n) is 9.76. The molecule has 1 nitrogen and oxygen atoms in total. The van der Waals surface area contributed by atoms with Crippen LogP contribution in [0.4, 0.5) is 0 Å². The van der Waals surface area contributed by atoms with Crippen molar-refractivity contribution in [2.45, 2.75) is 32.7 Å². The van der Waals surface area contributed by atoms with Crippen molar-refractivity contribution in [1.29, 1.82) is 0 Å². The van der Waals surface area contributed by atoms with Crippen molar-refractivity contribution in [2.75, 3.05) is 7.05 Å². The predicted molar refractivity (Wildman–Crippen MR) is 67.3 cm³/mol. The average Bonchev–Trinajstić information content (AvgIpc) is 2.25. The summed E-state index contributed by atoms with van der Waals surface area (Å²) in [6.45, 7) is 4.48. The minimum absolute atomic E-state index is 0.415. The van der Waals surface area contributed by atoms with Crippen molar-refractivity contribution < 1.29 is 0 Å². The molecule has 15 heavy (non-hydrogen) atoms. The van der Waals surface area contributed by atoms with Gasteiger partial charge in [-0.3, -0.25) is 0 Å². The van der Waals surface area contributed by atoms with Crippen LogP contribution >= 0.6 is 11.6 Å². The Morgan fingerprint density at radius 3 is 2.40 bits per heavy atom. The molecule has 0 aromatic heterocycles. The predicted octanol–water partition coefficient (Wildman–Crippen LogP) is 4.04. The van der Waals surface area contributed by atoms with Crippen LogP contribution in [0.3, 0.4) is 0 Å². The molecule has 1 N–H and O–H groups in total. The fourth-order valence-corrected chi connectivity index (χ4v) is 2.33. The Balaban J connectivity index is 2.90. The van der Waals surface area contributed by atoms with E-state index >= 15 is 0 Å². The molecule has 1 aromatic carbocycles. The third kappa shape index (κ3) is 3.22. The molecule has 2 heteroatoms. The van der Waals surface area contributed by atoms with Crippen LogP contribution in [0.2, 0.25) is 5.02 Å². The van der Waals surface area contributed by atoms with Gasteiger partial charge in [-0.05, 0) is 30.7 Å². The van der Waals surface area contributed by atoms with E-state index in [1.807, 2.05) is 19.2 Å². The minimum Gasteiger partial charge on any atom is -0.313 e. The van der Waals surface area contributed by atoms with Crippen molar-refractivity contribution in [2.24, 2.45) is 5.92 Å². The van der Waals surface area contributed by atoms with Gasteiger partial charge in [-0.2, -0.15) is 0 Å². The standard InChI is InChI=1S/C13H20ClN/c1-4-10(5-2)13(15-3)11-7-6-8-12(14)9-11/h6-10,13,15H,4-5H2,1-3H3. The molecule has 84 valence electrons. The highest BCUT2D eigenvalue weighted by Gasteiger charge is 2.18. The maximum Gasteiger partial charge on any atom is 0.0409 e. The number of benzene rings is 1. The molecule has 1 aromatic rings. The van der Waals surface area contributed by atoms with Gasteiger partial charge in [0.2, 0.25) is 0 Å². The molecule has 0 heterocycles. The Morgan fingerprint density at radius 2 is 1.93 bits per heavy atom. The van der Waals surface area contributed by atoms with Crippen molar-refractivity contribution in [3.05, 3.63) is 34.9 Å². The van der Waals surface area contributed by atoms with Gasteiger partial charge in [-0.1, -0.05) is 50.4 Å². The van der Waals surface area contributed by atoms with Gasteiger partial charge in [0, 0.05) is 11.1 Å². The van der Waals surface area contributed by atoms with Gasteiger partial charge in [0.05, 0.1) is 0 Å². The van der Waals surface area contributed by atoms with Crippen LogP contribution in [0.5, 0.6) is 0 Å². The summed E-state index contributed by atoms with van der Waals surface area (Å²) < 4.78 is 0. The molecule has 0 radical (unpaired) electrons. The molecular weight excluding hydrogens is 206 g/mol. The molecule has 0 saturated carbocycles. The van der Waals surface area contributed by atoms with Crippen LogP contribution in [0.15, 0.2) is 24.3 Å². The summed E-state index contributed by atoms with van der Waals surface area (Å²) in [6.07, 6.45) is 2.38. The van der Waals surface area contributed by atoms with Gasteiger partial charge < -0.3 is 5.32 Å². The first-order valence-electron chi connectivity index (χ1n) is 5.65. The number of halogens is 1. The fourth-order valence-electron chi connectivity index (χ4n) is 2.13. The number of hydrogen-bond donors (Lipinski definition) is 1. The first-order chi connectivity index (χ1) is 7.22. The van der Waals surface area contributed by atoms with E-state index in [0.29, 0.717) is 12.0 Å². The van der Waals surface area contributed by atoms with E-state index in [1.165, 1.54) is 18.4 Å². The molecule has 0 saturated heterocycles. The number of hydrogen-bond acceptors (Lipinski definition) is 1. The van der Waals surface area contributed by atoms with Gasteiger partial charge in [0.15, 0.2) is 0 Å².